The predicted molar refractivity (Wildman–Crippen MR) is 57.1 cm³/mol. The number of halogens is 2. The Labute approximate surface area is 98.8 Å². The van der Waals surface area contributed by atoms with Gasteiger partial charge in [0, 0.05) is 0 Å². The van der Waals surface area contributed by atoms with Crippen molar-refractivity contribution in [3.8, 4) is 0 Å². The Hall–Kier alpha value is -1.05. The van der Waals surface area contributed by atoms with E-state index in [-0.39, 0.29) is 10.4 Å². The minimum absolute atomic E-state index is 0.0457. The first-order chi connectivity index (χ1) is 7.25. The van der Waals surface area contributed by atoms with Gasteiger partial charge in [-0.25, -0.2) is 0 Å². The summed E-state index contributed by atoms with van der Waals surface area (Å²) in [6.07, 6.45) is 1.65. The minimum Gasteiger partial charge on any atom is -0.362 e. The molecule has 0 spiro atoms. The van der Waals surface area contributed by atoms with E-state index in [1.165, 1.54) is 11.5 Å². The lowest BCUT2D eigenvalue weighted by Gasteiger charge is -2.03. The highest BCUT2D eigenvalue weighted by molar-refractivity contribution is 7.05. The average Bonchev–Trinajstić information content (AvgIpc) is 2.72. The van der Waals surface area contributed by atoms with E-state index in [2.05, 4.69) is 30.1 Å². The van der Waals surface area contributed by atoms with Crippen LogP contribution in [-0.2, 0) is 6.54 Å². The van der Waals surface area contributed by atoms with Crippen LogP contribution in [0, 0.1) is 0 Å². The van der Waals surface area contributed by atoms with Gasteiger partial charge < -0.3 is 5.32 Å². The molecule has 15 heavy (non-hydrogen) atoms. The van der Waals surface area contributed by atoms with E-state index in [9.17, 15) is 0 Å². The van der Waals surface area contributed by atoms with Gasteiger partial charge in [0.05, 0.1) is 17.6 Å². The van der Waals surface area contributed by atoms with Crippen molar-refractivity contribution in [3.63, 3.8) is 0 Å². The van der Waals surface area contributed by atoms with E-state index >= 15 is 0 Å². The summed E-state index contributed by atoms with van der Waals surface area (Å²) in [6.45, 7) is 0.520. The molecule has 0 radical (unpaired) electrons. The monoisotopic (exact) mass is 262 g/mol. The summed E-state index contributed by atoms with van der Waals surface area (Å²) < 4.78 is 3.72. The molecule has 2 aromatic rings. The van der Waals surface area contributed by atoms with Crippen LogP contribution in [0.2, 0.25) is 10.4 Å². The summed E-state index contributed by atoms with van der Waals surface area (Å²) >= 11 is 12.6. The highest BCUT2D eigenvalue weighted by Gasteiger charge is 2.05. The highest BCUT2D eigenvalue weighted by Crippen LogP contribution is 2.17. The van der Waals surface area contributed by atoms with Crippen molar-refractivity contribution >= 4 is 40.6 Å². The molecule has 0 unspecified atom stereocenters. The number of rotatable bonds is 3. The zero-order valence-corrected chi connectivity index (χ0v) is 9.51. The van der Waals surface area contributed by atoms with Crippen molar-refractivity contribution in [3.05, 3.63) is 21.5 Å². The smallest absolute Gasteiger partial charge is 0.245 e. The van der Waals surface area contributed by atoms with E-state index in [1.807, 2.05) is 0 Å². The van der Waals surface area contributed by atoms with Crippen molar-refractivity contribution in [1.29, 1.82) is 0 Å². The molecule has 0 fully saturated rings. The fourth-order valence-corrected chi connectivity index (χ4v) is 1.54. The van der Waals surface area contributed by atoms with Crippen molar-refractivity contribution in [1.82, 2.24) is 24.8 Å². The van der Waals surface area contributed by atoms with Crippen LogP contribution in [-0.4, -0.2) is 24.8 Å². The lowest BCUT2D eigenvalue weighted by atomic mass is 10.5. The first-order valence-corrected chi connectivity index (χ1v) is 5.34. The number of aromatic nitrogens is 5. The molecule has 0 aliphatic carbocycles. The predicted octanol–water partition coefficient (Wildman–Crippen LogP) is 1.64. The molecule has 78 valence electrons. The molecule has 0 aromatic carbocycles. The van der Waals surface area contributed by atoms with Gasteiger partial charge in [0.1, 0.15) is 0 Å². The van der Waals surface area contributed by atoms with Crippen molar-refractivity contribution in [2.24, 2.45) is 0 Å². The Morgan fingerprint density at radius 1 is 1.33 bits per heavy atom. The molecule has 0 saturated carbocycles. The molecule has 9 heteroatoms. The highest BCUT2D eigenvalue weighted by atomic mass is 35.5. The largest absolute Gasteiger partial charge is 0.362 e. The molecule has 0 saturated heterocycles. The zero-order valence-electron chi connectivity index (χ0n) is 7.18. The second-order valence-corrected chi connectivity index (χ2v) is 4.02. The Balaban J connectivity index is 2.07. The van der Waals surface area contributed by atoms with E-state index in [1.54, 1.807) is 6.20 Å². The molecule has 0 aliphatic rings. The Bertz CT molecular complexity index is 447. The lowest BCUT2D eigenvalue weighted by Crippen LogP contribution is -2.03. The quantitative estimate of drug-likeness (QED) is 0.907. The first-order valence-electron chi connectivity index (χ1n) is 3.81. The first kappa shape index (κ1) is 10.5. The maximum Gasteiger partial charge on any atom is 0.245 e. The fraction of sp³-hybridized carbons (Fsp3) is 0.167. The SMILES string of the molecule is Clc1nnc(Cl)c(NCc2cnns2)n1. The molecule has 0 atom stereocenters. The van der Waals surface area contributed by atoms with Gasteiger partial charge in [0.2, 0.25) is 5.28 Å². The van der Waals surface area contributed by atoms with Crippen LogP contribution in [0.25, 0.3) is 0 Å². The molecule has 0 aliphatic heterocycles. The number of nitrogens with zero attached hydrogens (tertiary/aromatic N) is 5. The van der Waals surface area contributed by atoms with Gasteiger partial charge in [-0.2, -0.15) is 4.98 Å². The van der Waals surface area contributed by atoms with Gasteiger partial charge in [-0.05, 0) is 23.1 Å². The molecular formula is C6H4Cl2N6S. The maximum absolute atomic E-state index is 5.75. The standard InChI is InChI=1S/C6H4Cl2N6S/c7-4-5(11-6(8)13-12-4)9-1-3-2-10-14-15-3/h2H,1H2,(H,9,11,13). The molecule has 6 nitrogen and oxygen atoms in total. The molecule has 2 aromatic heterocycles. The van der Waals surface area contributed by atoms with Crippen LogP contribution in [0.5, 0.6) is 0 Å². The Morgan fingerprint density at radius 2 is 2.20 bits per heavy atom. The summed E-state index contributed by atoms with van der Waals surface area (Å²) in [7, 11) is 0. The fourth-order valence-electron chi connectivity index (χ4n) is 0.842. The van der Waals surface area contributed by atoms with Crippen LogP contribution in [0.4, 0.5) is 5.82 Å². The number of hydrogen-bond acceptors (Lipinski definition) is 7. The van der Waals surface area contributed by atoms with Crippen LogP contribution in [0.1, 0.15) is 4.88 Å². The van der Waals surface area contributed by atoms with Gasteiger partial charge in [-0.3, -0.25) is 0 Å². The van der Waals surface area contributed by atoms with Crippen LogP contribution < -0.4 is 5.32 Å². The van der Waals surface area contributed by atoms with Gasteiger partial charge in [-0.15, -0.1) is 15.3 Å². The summed E-state index contributed by atoms with van der Waals surface area (Å²) in [5.74, 6) is 0.394. The lowest BCUT2D eigenvalue weighted by molar-refractivity contribution is 0.960. The van der Waals surface area contributed by atoms with Crippen molar-refractivity contribution < 1.29 is 0 Å². The third-order valence-corrected chi connectivity index (χ3v) is 2.53. The van der Waals surface area contributed by atoms with Gasteiger partial charge in [0.25, 0.3) is 0 Å². The summed E-state index contributed by atoms with van der Waals surface area (Å²) in [5, 5.41) is 14.0. The molecule has 0 bridgehead atoms. The summed E-state index contributed by atoms with van der Waals surface area (Å²) in [5.41, 5.74) is 0. The van der Waals surface area contributed by atoms with Crippen LogP contribution in [0.3, 0.4) is 0 Å². The second-order valence-electron chi connectivity index (χ2n) is 2.46. The number of anilines is 1. The molecule has 2 heterocycles. The Morgan fingerprint density at radius 3 is 2.93 bits per heavy atom. The third kappa shape index (κ3) is 2.71. The van der Waals surface area contributed by atoms with Gasteiger partial charge in [0.15, 0.2) is 11.0 Å². The summed E-state index contributed by atoms with van der Waals surface area (Å²) in [4.78, 5) is 4.84. The van der Waals surface area contributed by atoms with Crippen molar-refractivity contribution in [2.75, 3.05) is 5.32 Å². The van der Waals surface area contributed by atoms with Crippen LogP contribution >= 0.6 is 34.7 Å². The van der Waals surface area contributed by atoms with E-state index in [4.69, 9.17) is 23.2 Å². The molecule has 0 amide bonds. The average molecular weight is 263 g/mol. The third-order valence-electron chi connectivity index (χ3n) is 1.46. The molecular weight excluding hydrogens is 259 g/mol. The van der Waals surface area contributed by atoms with Gasteiger partial charge in [-0.1, -0.05) is 16.1 Å². The summed E-state index contributed by atoms with van der Waals surface area (Å²) in [6, 6.07) is 0. The number of nitrogens with one attached hydrogen (secondary N) is 1. The van der Waals surface area contributed by atoms with Crippen molar-refractivity contribution in [2.45, 2.75) is 6.54 Å². The van der Waals surface area contributed by atoms with E-state index in [0.29, 0.717) is 12.4 Å². The normalized spacial score (nSPS) is 10.3. The minimum atomic E-state index is 0.0457. The maximum atomic E-state index is 5.75. The second kappa shape index (κ2) is 4.65. The Kier molecular flexibility index (Phi) is 3.24. The molecule has 1 N–H and O–H groups in total. The van der Waals surface area contributed by atoms with Gasteiger partial charge >= 0.3 is 0 Å². The molecule has 2 rings (SSSR count). The number of hydrogen-bond donors (Lipinski definition) is 1. The van der Waals surface area contributed by atoms with E-state index in [0.717, 1.165) is 4.88 Å². The van der Waals surface area contributed by atoms with E-state index < -0.39 is 0 Å². The zero-order chi connectivity index (χ0) is 10.7. The van der Waals surface area contributed by atoms with Crippen LogP contribution in [0.15, 0.2) is 6.20 Å². The topological polar surface area (TPSA) is 76.5 Å².